The Hall–Kier alpha value is 1.68. The van der Waals surface area contributed by atoms with Crippen LogP contribution in [0.15, 0.2) is 17.4 Å². The van der Waals surface area contributed by atoms with Gasteiger partial charge in [-0.25, -0.2) is 18.6 Å². The Labute approximate surface area is 250 Å². The van der Waals surface area contributed by atoms with Crippen LogP contribution in [0.4, 0.5) is 0 Å². The fourth-order valence-corrected chi connectivity index (χ4v) is 5.46. The van der Waals surface area contributed by atoms with Gasteiger partial charge in [0.05, 0.1) is 25.4 Å². The number of imidazole rings is 1. The van der Waals surface area contributed by atoms with E-state index in [9.17, 15) is 38.3 Å². The van der Waals surface area contributed by atoms with Gasteiger partial charge < -0.3 is 38.9 Å². The van der Waals surface area contributed by atoms with Crippen molar-refractivity contribution in [1.82, 2.24) is 19.5 Å². The number of aromatic nitrogens is 4. The Bertz CT molecular complexity index is 1140. The standard InChI is InChI=1S/C10H15N4O13P3.3Na/c15-5-1-7(14-4-13-8-9(14)11-3-12-10(8)16)25-6(5)2-24-29(20,21)27-30(22,23)26-28(17,18)19;;;/h3-7,15H,1-2H2,(H,20,21)(H,22,23)(H,11,12,16)(H2,17,18,19);;;/q;3*+1/p-3. The Morgan fingerprint density at radius 1 is 1.15 bits per heavy atom. The van der Waals surface area contributed by atoms with E-state index in [1.165, 1.54) is 10.9 Å². The van der Waals surface area contributed by atoms with Gasteiger partial charge in [0.1, 0.15) is 12.3 Å². The third kappa shape index (κ3) is 9.82. The van der Waals surface area contributed by atoms with Gasteiger partial charge in [-0.2, -0.15) is 0 Å². The molecular formula is C10H12N4Na3O13P3. The zero-order valence-corrected chi connectivity index (χ0v) is 26.1. The van der Waals surface area contributed by atoms with Crippen molar-refractivity contribution in [2.24, 2.45) is 0 Å². The van der Waals surface area contributed by atoms with E-state index in [1.54, 1.807) is 0 Å². The van der Waals surface area contributed by atoms with Crippen molar-refractivity contribution in [3.8, 4) is 0 Å². The van der Waals surface area contributed by atoms with Gasteiger partial charge in [0.25, 0.3) is 29.0 Å². The van der Waals surface area contributed by atoms with Crippen LogP contribution >= 0.6 is 23.5 Å². The average Bonchev–Trinajstić information content (AvgIpc) is 3.14. The molecule has 2 aromatic rings. The molecule has 6 unspecified atom stereocenters. The first kappa shape index (κ1) is 34.7. The van der Waals surface area contributed by atoms with Gasteiger partial charge in [-0.05, 0) is 0 Å². The molecule has 1 fully saturated rings. The van der Waals surface area contributed by atoms with Crippen LogP contribution in [0.2, 0.25) is 0 Å². The van der Waals surface area contributed by atoms with Crippen molar-refractivity contribution in [1.29, 1.82) is 0 Å². The van der Waals surface area contributed by atoms with Crippen LogP contribution in [-0.4, -0.2) is 48.3 Å². The topological polar surface area (TPSA) is 261 Å². The molecule has 17 nitrogen and oxygen atoms in total. The summed E-state index contributed by atoms with van der Waals surface area (Å²) < 4.78 is 50.8. The van der Waals surface area contributed by atoms with Gasteiger partial charge in [0.15, 0.2) is 11.2 Å². The second kappa shape index (κ2) is 13.5. The summed E-state index contributed by atoms with van der Waals surface area (Å²) in [5.74, 6) is 0. The number of rotatable bonds is 8. The Morgan fingerprint density at radius 3 is 2.39 bits per heavy atom. The molecular weight excluding hydrogens is 546 g/mol. The van der Waals surface area contributed by atoms with E-state index in [0.717, 1.165) is 6.33 Å². The molecule has 0 amide bonds. The number of ether oxygens (including phenoxy) is 1. The SMILES string of the molecule is O=c1[nH]cnc2c1ncn2C1CC(O)C(COP(=O)([O-])OP(=O)([O-])OP(=O)([O-])O)O1.[Na+].[Na+].[Na+]. The molecule has 0 aliphatic carbocycles. The van der Waals surface area contributed by atoms with E-state index in [4.69, 9.17) is 9.63 Å². The van der Waals surface area contributed by atoms with Crippen LogP contribution in [0.25, 0.3) is 11.2 Å². The summed E-state index contributed by atoms with van der Waals surface area (Å²) in [6.45, 7) is -0.923. The normalized spacial score (nSPS) is 25.5. The number of phosphoric acid groups is 3. The third-order valence-electron chi connectivity index (χ3n) is 3.68. The second-order valence-corrected chi connectivity index (χ2v) is 10.1. The molecule has 0 radical (unpaired) electrons. The number of H-pyrrole nitrogens is 1. The van der Waals surface area contributed by atoms with E-state index in [-0.39, 0.29) is 106 Å². The Kier molecular flexibility index (Phi) is 14.2. The zero-order chi connectivity index (χ0) is 22.3. The van der Waals surface area contributed by atoms with Crippen LogP contribution in [0.1, 0.15) is 12.6 Å². The number of nitrogens with one attached hydrogen (secondary N) is 1. The van der Waals surface area contributed by atoms with Crippen LogP contribution in [0.5, 0.6) is 0 Å². The van der Waals surface area contributed by atoms with Crippen molar-refractivity contribution >= 4 is 34.6 Å². The number of nitrogens with zero attached hydrogens (tertiary/aromatic N) is 3. The summed E-state index contributed by atoms with van der Waals surface area (Å²) in [5, 5.41) is 10.1. The molecule has 168 valence electrons. The first-order valence-corrected chi connectivity index (χ1v) is 12.1. The van der Waals surface area contributed by atoms with Crippen LogP contribution < -0.4 is 109 Å². The fraction of sp³-hybridized carbons (Fsp3) is 0.500. The number of aromatic amines is 1. The third-order valence-corrected chi connectivity index (χ3v) is 7.37. The molecule has 0 saturated carbocycles. The summed E-state index contributed by atoms with van der Waals surface area (Å²) in [5.41, 5.74) is -0.388. The largest absolute Gasteiger partial charge is 1.00 e. The molecule has 2 aromatic heterocycles. The number of aliphatic hydroxyl groups is 1. The van der Waals surface area contributed by atoms with Crippen molar-refractivity contribution in [3.05, 3.63) is 23.0 Å². The molecule has 0 spiro atoms. The Morgan fingerprint density at radius 2 is 1.79 bits per heavy atom. The molecule has 23 heteroatoms. The number of aliphatic hydroxyl groups excluding tert-OH is 1. The first-order chi connectivity index (χ1) is 13.8. The number of hydrogen-bond donors (Lipinski definition) is 3. The quantitative estimate of drug-likeness (QED) is 0.201. The molecule has 1 saturated heterocycles. The van der Waals surface area contributed by atoms with E-state index in [0.29, 0.717) is 0 Å². The van der Waals surface area contributed by atoms with Gasteiger partial charge in [-0.3, -0.25) is 23.1 Å². The summed E-state index contributed by atoms with van der Waals surface area (Å²) in [6.07, 6.45) is -1.26. The molecule has 3 heterocycles. The van der Waals surface area contributed by atoms with E-state index >= 15 is 0 Å². The Balaban J connectivity index is 0.00000341. The fourth-order valence-electron chi connectivity index (χ4n) is 2.56. The van der Waals surface area contributed by atoms with Gasteiger partial charge in [-0.15, -0.1) is 0 Å². The summed E-state index contributed by atoms with van der Waals surface area (Å²) in [6, 6.07) is 0. The minimum atomic E-state index is -6.03. The van der Waals surface area contributed by atoms with Crippen molar-refractivity contribution in [2.75, 3.05) is 6.61 Å². The molecule has 3 rings (SSSR count). The second-order valence-electron chi connectivity index (χ2n) is 5.81. The zero-order valence-electron chi connectivity index (χ0n) is 17.4. The van der Waals surface area contributed by atoms with Gasteiger partial charge in [-0.1, -0.05) is 0 Å². The summed E-state index contributed by atoms with van der Waals surface area (Å²) in [7, 11) is -17.6. The molecule has 0 aromatic carbocycles. The van der Waals surface area contributed by atoms with Crippen molar-refractivity contribution < 1.29 is 145 Å². The number of hydrogen-bond acceptors (Lipinski definition) is 14. The predicted molar refractivity (Wildman–Crippen MR) is 85.8 cm³/mol. The van der Waals surface area contributed by atoms with E-state index < -0.39 is 54.1 Å². The average molecular weight is 558 g/mol. The maximum atomic E-state index is 11.7. The molecule has 1 aliphatic heterocycles. The molecule has 1 aliphatic rings. The number of phosphoric ester groups is 1. The molecule has 33 heavy (non-hydrogen) atoms. The summed E-state index contributed by atoms with van der Waals surface area (Å²) in [4.78, 5) is 63.2. The monoisotopic (exact) mass is 558 g/mol. The van der Waals surface area contributed by atoms with Crippen LogP contribution in [0.3, 0.4) is 0 Å². The van der Waals surface area contributed by atoms with Crippen molar-refractivity contribution in [2.45, 2.75) is 24.9 Å². The van der Waals surface area contributed by atoms with Crippen molar-refractivity contribution in [3.63, 3.8) is 0 Å². The predicted octanol–water partition coefficient (Wildman–Crippen LogP) is -11.8. The number of fused-ring (bicyclic) bond motifs is 1. The summed E-state index contributed by atoms with van der Waals surface area (Å²) >= 11 is 0. The van der Waals surface area contributed by atoms with Crippen LogP contribution in [0, 0.1) is 0 Å². The van der Waals surface area contributed by atoms with E-state index in [1.807, 2.05) is 0 Å². The van der Waals surface area contributed by atoms with Gasteiger partial charge in [0, 0.05) is 6.42 Å². The minimum absolute atomic E-state index is 0. The van der Waals surface area contributed by atoms with E-state index in [2.05, 4.69) is 28.1 Å². The smallest absolute Gasteiger partial charge is 0.756 e. The van der Waals surface area contributed by atoms with Gasteiger partial charge >= 0.3 is 88.7 Å². The molecule has 0 bridgehead atoms. The molecule has 6 atom stereocenters. The molecule has 3 N–H and O–H groups in total. The van der Waals surface area contributed by atoms with Gasteiger partial charge in [0.2, 0.25) is 0 Å². The first-order valence-electron chi connectivity index (χ1n) is 7.73. The minimum Gasteiger partial charge on any atom is -0.756 e. The van der Waals surface area contributed by atoms with Crippen LogP contribution in [-0.2, 0) is 31.6 Å². The maximum absolute atomic E-state index is 11.7. The maximum Gasteiger partial charge on any atom is 1.00 e.